The zero-order valence-corrected chi connectivity index (χ0v) is 25.0. The molecule has 0 fully saturated rings. The molecule has 0 bridgehead atoms. The van der Waals surface area contributed by atoms with Crippen LogP contribution in [0.1, 0.15) is 11.1 Å². The summed E-state index contributed by atoms with van der Waals surface area (Å²) in [4.78, 5) is 28.3. The van der Waals surface area contributed by atoms with E-state index in [2.05, 4.69) is 108 Å². The highest BCUT2D eigenvalue weighted by Crippen LogP contribution is 2.45. The van der Waals surface area contributed by atoms with E-state index in [1.807, 2.05) is 36.4 Å². The Labute approximate surface area is 270 Å². The van der Waals surface area contributed by atoms with Crippen LogP contribution in [0.4, 0.5) is 17.1 Å². The molecule has 7 aromatic rings. The van der Waals surface area contributed by atoms with Crippen molar-refractivity contribution in [2.45, 2.75) is 0 Å². The zero-order chi connectivity index (χ0) is 31.5. The van der Waals surface area contributed by atoms with E-state index in [1.54, 1.807) is 12.1 Å². The van der Waals surface area contributed by atoms with Crippen LogP contribution < -0.4 is 4.90 Å². The highest BCUT2D eigenvalue weighted by Gasteiger charge is 2.43. The van der Waals surface area contributed by atoms with Gasteiger partial charge in [-0.05, 0) is 74.5 Å². The van der Waals surface area contributed by atoms with Crippen LogP contribution in [0.15, 0.2) is 163 Å². The summed E-state index contributed by atoms with van der Waals surface area (Å²) in [6, 6.07) is 51.0. The summed E-state index contributed by atoms with van der Waals surface area (Å²) < 4.78 is 11.3. The van der Waals surface area contributed by atoms with Gasteiger partial charge in [-0.2, -0.15) is 0 Å². The summed E-state index contributed by atoms with van der Waals surface area (Å²) in [5.74, 6) is -0.713. The zero-order valence-electron chi connectivity index (χ0n) is 25.0. The van der Waals surface area contributed by atoms with E-state index in [0.29, 0.717) is 11.1 Å². The number of rotatable bonds is 5. The average Bonchev–Trinajstić information content (AvgIpc) is 3.60. The normalized spacial score (nSPS) is 14.2. The second-order valence-corrected chi connectivity index (χ2v) is 11.7. The van der Waals surface area contributed by atoms with Crippen LogP contribution in [0.5, 0.6) is 0 Å². The van der Waals surface area contributed by atoms with E-state index in [0.717, 1.165) is 44.0 Å². The quantitative estimate of drug-likeness (QED) is 0.182. The minimum atomic E-state index is -0.537. The lowest BCUT2D eigenvalue weighted by Crippen LogP contribution is -2.10. The fraction of sp³-hybridized carbons (Fsp3) is 0. The fourth-order valence-electron chi connectivity index (χ4n) is 6.67. The molecule has 0 radical (unpaired) electrons. The molecule has 0 unspecified atom stereocenters. The minimum Gasteiger partial charge on any atom is -0.418 e. The minimum absolute atomic E-state index is 0.174. The van der Waals surface area contributed by atoms with Gasteiger partial charge in [0.25, 0.3) is 0 Å². The van der Waals surface area contributed by atoms with Gasteiger partial charge >= 0.3 is 11.9 Å². The van der Waals surface area contributed by atoms with Crippen LogP contribution >= 0.6 is 0 Å². The SMILES string of the molecule is O=C1OC2=C(c3ccc4cc(N(c5ccc6ccccc6c5)c5cccc6ccccc56)ccc4c3)C(=O)OC2=C1c1ccccc1. The molecule has 9 rings (SSSR count). The summed E-state index contributed by atoms with van der Waals surface area (Å²) in [5, 5.41) is 6.59. The van der Waals surface area contributed by atoms with E-state index < -0.39 is 11.9 Å². The van der Waals surface area contributed by atoms with Crippen molar-refractivity contribution in [3.63, 3.8) is 0 Å². The van der Waals surface area contributed by atoms with Crippen molar-refractivity contribution in [1.82, 2.24) is 0 Å². The van der Waals surface area contributed by atoms with Crippen LogP contribution in [-0.2, 0) is 19.1 Å². The Morgan fingerprint density at radius 2 is 0.936 bits per heavy atom. The molecule has 0 amide bonds. The Morgan fingerprint density at radius 1 is 0.404 bits per heavy atom. The summed E-state index contributed by atoms with van der Waals surface area (Å²) in [7, 11) is 0. The molecule has 0 saturated carbocycles. The molecule has 0 aromatic heterocycles. The third-order valence-corrected chi connectivity index (χ3v) is 8.89. The molecular formula is C42H25NO4. The highest BCUT2D eigenvalue weighted by molar-refractivity contribution is 6.29. The molecule has 47 heavy (non-hydrogen) atoms. The van der Waals surface area contributed by atoms with Crippen molar-refractivity contribution in [1.29, 1.82) is 0 Å². The number of fused-ring (bicyclic) bond motifs is 4. The van der Waals surface area contributed by atoms with E-state index in [-0.39, 0.29) is 22.7 Å². The molecule has 0 spiro atoms. The molecule has 0 aliphatic carbocycles. The maximum Gasteiger partial charge on any atom is 0.348 e. The van der Waals surface area contributed by atoms with Crippen LogP contribution in [0.3, 0.4) is 0 Å². The molecule has 5 heteroatoms. The van der Waals surface area contributed by atoms with Crippen molar-refractivity contribution in [2.24, 2.45) is 0 Å². The number of ether oxygens (including phenoxy) is 2. The van der Waals surface area contributed by atoms with Crippen molar-refractivity contribution < 1.29 is 19.1 Å². The van der Waals surface area contributed by atoms with Crippen LogP contribution in [0, 0.1) is 0 Å². The average molecular weight is 608 g/mol. The lowest BCUT2D eigenvalue weighted by atomic mass is 9.99. The molecule has 7 aromatic carbocycles. The van der Waals surface area contributed by atoms with E-state index >= 15 is 0 Å². The fourth-order valence-corrected chi connectivity index (χ4v) is 6.67. The Kier molecular flexibility index (Phi) is 6.05. The topological polar surface area (TPSA) is 55.8 Å². The standard InChI is InChI=1S/C42H25NO4/c44-41-37(28-11-2-1-3-12-28)39-40(47-41)38(42(45)46-39)32-18-17-31-25-34(22-20-30(31)23-32)43(33-21-19-26-9-4-5-13-29(26)24-33)36-16-8-14-27-10-6-7-15-35(27)36/h1-25H. The third-order valence-electron chi connectivity index (χ3n) is 8.89. The molecular weight excluding hydrogens is 582 g/mol. The van der Waals surface area contributed by atoms with Crippen LogP contribution in [0.25, 0.3) is 43.5 Å². The number of hydrogen-bond acceptors (Lipinski definition) is 5. The number of anilines is 3. The Hall–Kier alpha value is -6.46. The van der Waals surface area contributed by atoms with Gasteiger partial charge in [-0.1, -0.05) is 115 Å². The maximum absolute atomic E-state index is 13.2. The first-order valence-corrected chi connectivity index (χ1v) is 15.4. The summed E-state index contributed by atoms with van der Waals surface area (Å²) >= 11 is 0. The largest absolute Gasteiger partial charge is 0.418 e. The number of nitrogens with zero attached hydrogens (tertiary/aromatic N) is 1. The predicted octanol–water partition coefficient (Wildman–Crippen LogP) is 9.85. The molecule has 2 heterocycles. The summed E-state index contributed by atoms with van der Waals surface area (Å²) in [6.07, 6.45) is 0. The number of benzene rings is 7. The van der Waals surface area contributed by atoms with Gasteiger partial charge in [0.05, 0.1) is 5.69 Å². The number of carbonyl (C=O) groups is 2. The second kappa shape index (κ2) is 10.6. The van der Waals surface area contributed by atoms with Gasteiger partial charge in [0.15, 0.2) is 11.5 Å². The van der Waals surface area contributed by atoms with Gasteiger partial charge in [0.1, 0.15) is 11.1 Å². The first-order valence-electron chi connectivity index (χ1n) is 15.4. The van der Waals surface area contributed by atoms with Crippen molar-refractivity contribution in [3.8, 4) is 0 Å². The van der Waals surface area contributed by atoms with Crippen LogP contribution in [0.2, 0.25) is 0 Å². The van der Waals surface area contributed by atoms with Gasteiger partial charge in [-0.3, -0.25) is 0 Å². The number of hydrogen-bond donors (Lipinski definition) is 0. The molecule has 0 N–H and O–H groups in total. The third kappa shape index (κ3) is 4.40. The highest BCUT2D eigenvalue weighted by atomic mass is 16.6. The molecule has 2 aliphatic rings. The monoisotopic (exact) mass is 607 g/mol. The van der Waals surface area contributed by atoms with E-state index in [1.165, 1.54) is 5.39 Å². The van der Waals surface area contributed by atoms with E-state index in [9.17, 15) is 9.59 Å². The Bertz CT molecular complexity index is 2510. The molecule has 0 atom stereocenters. The van der Waals surface area contributed by atoms with Gasteiger partial charge in [0, 0.05) is 16.8 Å². The number of esters is 2. The van der Waals surface area contributed by atoms with Crippen molar-refractivity contribution in [2.75, 3.05) is 4.90 Å². The molecule has 5 nitrogen and oxygen atoms in total. The smallest absolute Gasteiger partial charge is 0.348 e. The first-order chi connectivity index (χ1) is 23.1. The second-order valence-electron chi connectivity index (χ2n) is 11.7. The van der Waals surface area contributed by atoms with Crippen molar-refractivity contribution in [3.05, 3.63) is 174 Å². The van der Waals surface area contributed by atoms with Gasteiger partial charge < -0.3 is 14.4 Å². The van der Waals surface area contributed by atoms with Crippen LogP contribution in [-0.4, -0.2) is 11.9 Å². The van der Waals surface area contributed by atoms with Crippen molar-refractivity contribution >= 4 is 72.5 Å². The maximum atomic E-state index is 13.2. The van der Waals surface area contributed by atoms with Gasteiger partial charge in [-0.25, -0.2) is 9.59 Å². The molecule has 222 valence electrons. The molecule has 2 aliphatic heterocycles. The molecule has 0 saturated heterocycles. The Morgan fingerprint density at radius 3 is 1.68 bits per heavy atom. The first kappa shape index (κ1) is 26.9. The lowest BCUT2D eigenvalue weighted by molar-refractivity contribution is -0.131. The predicted molar refractivity (Wildman–Crippen MR) is 186 cm³/mol. The van der Waals surface area contributed by atoms with E-state index in [4.69, 9.17) is 9.47 Å². The summed E-state index contributed by atoms with van der Waals surface area (Å²) in [5.41, 5.74) is 4.91. The van der Waals surface area contributed by atoms with Gasteiger partial charge in [0.2, 0.25) is 0 Å². The van der Waals surface area contributed by atoms with Gasteiger partial charge in [-0.15, -0.1) is 0 Å². The lowest BCUT2D eigenvalue weighted by Gasteiger charge is -2.27. The number of carbonyl (C=O) groups excluding carboxylic acids is 2. The summed E-state index contributed by atoms with van der Waals surface area (Å²) in [6.45, 7) is 0. The Balaban J connectivity index is 1.17.